The lowest BCUT2D eigenvalue weighted by Gasteiger charge is -2.25. The fourth-order valence-electron chi connectivity index (χ4n) is 3.98. The SMILES string of the molecule is COc1ccc([C@@H]2CCCN2Cc2cnc(-c3ccc(C)cc3)nc2)cc1OC. The van der Waals surface area contributed by atoms with E-state index >= 15 is 0 Å². The molecule has 3 aromatic rings. The number of aromatic nitrogens is 2. The van der Waals surface area contributed by atoms with Crippen molar-refractivity contribution in [2.24, 2.45) is 0 Å². The number of methoxy groups -OCH3 is 2. The summed E-state index contributed by atoms with van der Waals surface area (Å²) in [7, 11) is 3.35. The van der Waals surface area contributed by atoms with Gasteiger partial charge in [-0.3, -0.25) is 4.90 Å². The van der Waals surface area contributed by atoms with Crippen molar-refractivity contribution in [3.05, 3.63) is 71.5 Å². The molecule has 0 bridgehead atoms. The number of nitrogens with zero attached hydrogens (tertiary/aromatic N) is 3. The number of ether oxygens (including phenoxy) is 2. The van der Waals surface area contributed by atoms with Crippen molar-refractivity contribution in [1.29, 1.82) is 0 Å². The van der Waals surface area contributed by atoms with Crippen molar-refractivity contribution in [3.8, 4) is 22.9 Å². The third-order valence-corrected chi connectivity index (χ3v) is 5.56. The van der Waals surface area contributed by atoms with Gasteiger partial charge >= 0.3 is 0 Å². The lowest BCUT2D eigenvalue weighted by atomic mass is 10.0. The van der Waals surface area contributed by atoms with Crippen LogP contribution in [0.2, 0.25) is 0 Å². The minimum absolute atomic E-state index is 0.367. The lowest BCUT2D eigenvalue weighted by molar-refractivity contribution is 0.247. The topological polar surface area (TPSA) is 47.5 Å². The highest BCUT2D eigenvalue weighted by Gasteiger charge is 2.27. The summed E-state index contributed by atoms with van der Waals surface area (Å²) in [5.74, 6) is 2.31. The second-order valence-corrected chi connectivity index (χ2v) is 7.52. The zero-order valence-electron chi connectivity index (χ0n) is 17.3. The molecule has 0 aliphatic carbocycles. The van der Waals surface area contributed by atoms with Gasteiger partial charge in [-0.1, -0.05) is 35.9 Å². The van der Waals surface area contributed by atoms with Gasteiger partial charge in [-0.25, -0.2) is 9.97 Å². The molecule has 1 aliphatic rings. The van der Waals surface area contributed by atoms with Crippen molar-refractivity contribution in [2.45, 2.75) is 32.4 Å². The van der Waals surface area contributed by atoms with Crippen LogP contribution in [-0.4, -0.2) is 35.6 Å². The standard InChI is InChI=1S/C24H27N3O2/c1-17-6-8-19(9-7-17)24-25-14-18(15-26-24)16-27-12-4-5-21(27)20-10-11-22(28-2)23(13-20)29-3/h6-11,13-15,21H,4-5,12,16H2,1-3H3/t21-/m0/s1. The average molecular weight is 389 g/mol. The molecule has 1 fully saturated rings. The number of benzene rings is 2. The molecule has 1 aliphatic heterocycles. The van der Waals surface area contributed by atoms with Crippen molar-refractivity contribution in [2.75, 3.05) is 20.8 Å². The van der Waals surface area contributed by atoms with E-state index in [2.05, 4.69) is 58.2 Å². The molecule has 1 atom stereocenters. The Kier molecular flexibility index (Phi) is 5.76. The maximum Gasteiger partial charge on any atom is 0.161 e. The molecule has 29 heavy (non-hydrogen) atoms. The summed E-state index contributed by atoms with van der Waals surface area (Å²) in [6.45, 7) is 3.99. The first-order valence-electron chi connectivity index (χ1n) is 10.0. The second-order valence-electron chi connectivity index (χ2n) is 7.52. The van der Waals surface area contributed by atoms with Crippen LogP contribution in [0.25, 0.3) is 11.4 Å². The Morgan fingerprint density at radius 1 is 0.966 bits per heavy atom. The number of hydrogen-bond acceptors (Lipinski definition) is 5. The van der Waals surface area contributed by atoms with Crippen molar-refractivity contribution >= 4 is 0 Å². The van der Waals surface area contributed by atoms with Crippen LogP contribution >= 0.6 is 0 Å². The minimum atomic E-state index is 0.367. The Morgan fingerprint density at radius 2 is 1.69 bits per heavy atom. The summed E-state index contributed by atoms with van der Waals surface area (Å²) in [5, 5.41) is 0. The van der Waals surface area contributed by atoms with Gasteiger partial charge in [0.2, 0.25) is 0 Å². The lowest BCUT2D eigenvalue weighted by Crippen LogP contribution is -2.23. The van der Waals surface area contributed by atoms with Gasteiger partial charge in [0, 0.05) is 36.1 Å². The summed E-state index contributed by atoms with van der Waals surface area (Å²) in [4.78, 5) is 11.7. The summed E-state index contributed by atoms with van der Waals surface area (Å²) in [6, 6.07) is 14.9. The molecule has 5 heteroatoms. The van der Waals surface area contributed by atoms with Crippen LogP contribution in [0.15, 0.2) is 54.9 Å². The smallest absolute Gasteiger partial charge is 0.161 e. The highest BCUT2D eigenvalue weighted by molar-refractivity contribution is 5.55. The molecular weight excluding hydrogens is 362 g/mol. The fraction of sp³-hybridized carbons (Fsp3) is 0.333. The summed E-state index contributed by atoms with van der Waals surface area (Å²) in [5.41, 5.74) is 4.68. The third kappa shape index (κ3) is 4.25. The van der Waals surface area contributed by atoms with Crippen LogP contribution in [-0.2, 0) is 6.54 Å². The zero-order chi connectivity index (χ0) is 20.2. The van der Waals surface area contributed by atoms with E-state index < -0.39 is 0 Å². The Bertz CT molecular complexity index is 955. The Balaban J connectivity index is 1.49. The van der Waals surface area contributed by atoms with Crippen LogP contribution in [0.1, 0.15) is 35.6 Å². The Labute approximate surface area is 172 Å². The molecule has 0 N–H and O–H groups in total. The van der Waals surface area contributed by atoms with Crippen LogP contribution in [0, 0.1) is 6.92 Å². The molecule has 0 unspecified atom stereocenters. The monoisotopic (exact) mass is 389 g/mol. The van der Waals surface area contributed by atoms with Crippen molar-refractivity contribution in [1.82, 2.24) is 14.9 Å². The van der Waals surface area contributed by atoms with Gasteiger partial charge in [0.05, 0.1) is 14.2 Å². The van der Waals surface area contributed by atoms with Gasteiger partial charge in [0.1, 0.15) is 0 Å². The van der Waals surface area contributed by atoms with E-state index in [1.165, 1.54) is 17.5 Å². The van der Waals surface area contributed by atoms with E-state index in [0.717, 1.165) is 48.0 Å². The maximum absolute atomic E-state index is 5.49. The molecule has 0 amide bonds. The molecule has 2 heterocycles. The molecule has 5 nitrogen and oxygen atoms in total. The Hall–Kier alpha value is -2.92. The number of rotatable bonds is 6. The van der Waals surface area contributed by atoms with Crippen molar-refractivity contribution < 1.29 is 9.47 Å². The first kappa shape index (κ1) is 19.4. The molecular formula is C24H27N3O2. The van der Waals surface area contributed by atoms with E-state index in [9.17, 15) is 0 Å². The largest absolute Gasteiger partial charge is 0.493 e. The average Bonchev–Trinajstić information content (AvgIpc) is 3.22. The van der Waals surface area contributed by atoms with E-state index in [1.807, 2.05) is 18.5 Å². The first-order valence-corrected chi connectivity index (χ1v) is 10.0. The quantitative estimate of drug-likeness (QED) is 0.606. The Morgan fingerprint density at radius 3 is 2.38 bits per heavy atom. The normalized spacial score (nSPS) is 16.7. The van der Waals surface area contributed by atoms with E-state index in [4.69, 9.17) is 9.47 Å². The summed E-state index contributed by atoms with van der Waals surface area (Å²) < 4.78 is 10.9. The van der Waals surface area contributed by atoms with Gasteiger partial charge in [-0.05, 0) is 44.0 Å². The molecule has 4 rings (SSSR count). The van der Waals surface area contributed by atoms with Gasteiger partial charge in [0.15, 0.2) is 17.3 Å². The van der Waals surface area contributed by atoms with Gasteiger partial charge in [-0.2, -0.15) is 0 Å². The molecule has 0 spiro atoms. The maximum atomic E-state index is 5.49. The van der Waals surface area contributed by atoms with Crippen LogP contribution in [0.5, 0.6) is 11.5 Å². The zero-order valence-corrected chi connectivity index (χ0v) is 17.3. The van der Waals surface area contributed by atoms with Gasteiger partial charge in [0.25, 0.3) is 0 Å². The van der Waals surface area contributed by atoms with Crippen molar-refractivity contribution in [3.63, 3.8) is 0 Å². The summed E-state index contributed by atoms with van der Waals surface area (Å²) >= 11 is 0. The van der Waals surface area contributed by atoms with E-state index in [1.54, 1.807) is 14.2 Å². The molecule has 0 radical (unpaired) electrons. The molecule has 0 saturated carbocycles. The second kappa shape index (κ2) is 8.62. The predicted octanol–water partition coefficient (Wildman–Crippen LogP) is 4.81. The molecule has 1 aromatic heterocycles. The van der Waals surface area contributed by atoms with Gasteiger partial charge < -0.3 is 9.47 Å². The number of hydrogen-bond donors (Lipinski definition) is 0. The molecule has 150 valence electrons. The van der Waals surface area contributed by atoms with Crippen LogP contribution < -0.4 is 9.47 Å². The third-order valence-electron chi connectivity index (χ3n) is 5.56. The molecule has 1 saturated heterocycles. The van der Waals surface area contributed by atoms with Crippen LogP contribution in [0.4, 0.5) is 0 Å². The van der Waals surface area contributed by atoms with Crippen LogP contribution in [0.3, 0.4) is 0 Å². The highest BCUT2D eigenvalue weighted by Crippen LogP contribution is 2.37. The summed E-state index contributed by atoms with van der Waals surface area (Å²) in [6.07, 6.45) is 6.22. The first-order chi connectivity index (χ1) is 14.2. The predicted molar refractivity (Wildman–Crippen MR) is 114 cm³/mol. The van der Waals surface area contributed by atoms with Gasteiger partial charge in [-0.15, -0.1) is 0 Å². The number of aryl methyl sites for hydroxylation is 1. The van der Waals surface area contributed by atoms with E-state index in [-0.39, 0.29) is 0 Å². The number of likely N-dealkylation sites (tertiary alicyclic amines) is 1. The molecule has 2 aromatic carbocycles. The minimum Gasteiger partial charge on any atom is -0.493 e. The highest BCUT2D eigenvalue weighted by atomic mass is 16.5. The van der Waals surface area contributed by atoms with E-state index in [0.29, 0.717) is 6.04 Å². The fourth-order valence-corrected chi connectivity index (χ4v) is 3.98.